The monoisotopic (exact) mass is 452 g/mol. The number of rotatable bonds is 7. The second-order valence-electron chi connectivity index (χ2n) is 8.37. The average Bonchev–Trinajstić information content (AvgIpc) is 3.41. The number of fused-ring (bicyclic) bond motifs is 3. The minimum atomic E-state index is -1.08. The zero-order valence-electron chi connectivity index (χ0n) is 18.7. The van der Waals surface area contributed by atoms with Crippen LogP contribution in [0.25, 0.3) is 11.1 Å². The number of likely N-dealkylation sites (tertiary alicyclic amines) is 1. The summed E-state index contributed by atoms with van der Waals surface area (Å²) >= 11 is 0. The highest BCUT2D eigenvalue weighted by Gasteiger charge is 2.42. The smallest absolute Gasteiger partial charge is 0.407 e. The van der Waals surface area contributed by atoms with Gasteiger partial charge in [-0.2, -0.15) is 0 Å². The van der Waals surface area contributed by atoms with E-state index in [1.165, 1.54) is 12.0 Å². The Labute approximate surface area is 192 Å². The first-order chi connectivity index (χ1) is 15.9. The van der Waals surface area contributed by atoms with E-state index in [1.54, 1.807) is 6.92 Å². The van der Waals surface area contributed by atoms with E-state index in [9.17, 15) is 19.5 Å². The topological polar surface area (TPSA) is 105 Å². The number of methoxy groups -OCH3 is 1. The van der Waals surface area contributed by atoms with Crippen molar-refractivity contribution in [2.24, 2.45) is 0 Å². The van der Waals surface area contributed by atoms with Crippen LogP contribution >= 0.6 is 0 Å². The van der Waals surface area contributed by atoms with Gasteiger partial charge in [0.1, 0.15) is 18.7 Å². The van der Waals surface area contributed by atoms with Crippen molar-refractivity contribution in [2.75, 3.05) is 20.3 Å². The number of carbonyl (C=O) groups excluding carboxylic acids is 2. The molecule has 8 nitrogen and oxygen atoms in total. The van der Waals surface area contributed by atoms with Crippen LogP contribution in [0, 0.1) is 0 Å². The van der Waals surface area contributed by atoms with Crippen molar-refractivity contribution in [3.8, 4) is 11.1 Å². The van der Waals surface area contributed by atoms with Crippen molar-refractivity contribution in [2.45, 2.75) is 43.9 Å². The molecule has 1 fully saturated rings. The molecule has 3 unspecified atom stereocenters. The number of nitrogens with one attached hydrogen (secondary N) is 1. The van der Waals surface area contributed by atoms with Crippen LogP contribution in [0.3, 0.4) is 0 Å². The van der Waals surface area contributed by atoms with Crippen molar-refractivity contribution < 1.29 is 29.0 Å². The number of amides is 2. The van der Waals surface area contributed by atoms with Gasteiger partial charge in [-0.25, -0.2) is 9.59 Å². The van der Waals surface area contributed by atoms with Crippen molar-refractivity contribution in [1.29, 1.82) is 0 Å². The highest BCUT2D eigenvalue weighted by atomic mass is 16.5. The van der Waals surface area contributed by atoms with Gasteiger partial charge in [0, 0.05) is 26.0 Å². The van der Waals surface area contributed by atoms with Crippen LogP contribution in [0.15, 0.2) is 48.5 Å². The third-order valence-electron chi connectivity index (χ3n) is 6.51. The Morgan fingerprint density at radius 2 is 1.70 bits per heavy atom. The van der Waals surface area contributed by atoms with Gasteiger partial charge in [-0.05, 0) is 28.7 Å². The highest BCUT2D eigenvalue weighted by molar-refractivity contribution is 5.90. The first-order valence-electron chi connectivity index (χ1n) is 11.1. The maximum Gasteiger partial charge on any atom is 0.407 e. The van der Waals surface area contributed by atoms with Gasteiger partial charge < -0.3 is 24.8 Å². The van der Waals surface area contributed by atoms with Crippen LogP contribution in [0.4, 0.5) is 4.79 Å². The molecule has 0 saturated carbocycles. The molecular formula is C25H28N2O6. The van der Waals surface area contributed by atoms with Crippen LogP contribution in [0.5, 0.6) is 0 Å². The Hall–Kier alpha value is -3.39. The summed E-state index contributed by atoms with van der Waals surface area (Å²) in [6.45, 7) is 2.07. The number of ether oxygens (including phenoxy) is 2. The fourth-order valence-electron chi connectivity index (χ4n) is 4.77. The van der Waals surface area contributed by atoms with Crippen LogP contribution < -0.4 is 5.32 Å². The summed E-state index contributed by atoms with van der Waals surface area (Å²) in [6, 6.07) is 14.2. The quantitative estimate of drug-likeness (QED) is 0.669. The van der Waals surface area contributed by atoms with Crippen LogP contribution in [0.2, 0.25) is 0 Å². The molecule has 3 atom stereocenters. The molecule has 0 spiro atoms. The maximum absolute atomic E-state index is 13.0. The highest BCUT2D eigenvalue weighted by Crippen LogP contribution is 2.44. The molecule has 0 aromatic heterocycles. The minimum Gasteiger partial charge on any atom is -0.480 e. The number of carboxylic acid groups (broad SMARTS) is 1. The molecule has 1 saturated heterocycles. The minimum absolute atomic E-state index is 0.0867. The fourth-order valence-corrected chi connectivity index (χ4v) is 4.77. The first-order valence-corrected chi connectivity index (χ1v) is 11.1. The summed E-state index contributed by atoms with van der Waals surface area (Å²) in [6.07, 6.45) is -0.518. The van der Waals surface area contributed by atoms with Gasteiger partial charge in [0.15, 0.2) is 0 Å². The molecule has 2 aromatic carbocycles. The molecule has 1 aliphatic carbocycles. The molecule has 2 amide bonds. The zero-order valence-corrected chi connectivity index (χ0v) is 18.7. The van der Waals surface area contributed by atoms with Crippen molar-refractivity contribution >= 4 is 18.0 Å². The van der Waals surface area contributed by atoms with E-state index >= 15 is 0 Å². The Kier molecular flexibility index (Phi) is 6.65. The van der Waals surface area contributed by atoms with Gasteiger partial charge in [0.2, 0.25) is 5.91 Å². The van der Waals surface area contributed by atoms with E-state index in [2.05, 4.69) is 17.4 Å². The number of alkyl carbamates (subject to hydrolysis) is 1. The van der Waals surface area contributed by atoms with E-state index in [1.807, 2.05) is 36.4 Å². The molecule has 2 aliphatic rings. The summed E-state index contributed by atoms with van der Waals surface area (Å²) < 4.78 is 10.8. The summed E-state index contributed by atoms with van der Waals surface area (Å²) in [4.78, 5) is 38.5. The lowest BCUT2D eigenvalue weighted by Crippen LogP contribution is -2.51. The molecule has 33 heavy (non-hydrogen) atoms. The van der Waals surface area contributed by atoms with Gasteiger partial charge in [-0.3, -0.25) is 4.79 Å². The standard InChI is InChI=1S/C25H28N2O6/c1-3-21(23(28)27-13-15(32-2)12-22(27)24(29)30)26-25(31)33-14-20-18-10-6-4-8-16(18)17-9-5-7-11-19(17)20/h4-11,15,20-22H,3,12-14H2,1-2H3,(H,26,31)(H,29,30). The van der Waals surface area contributed by atoms with Crippen LogP contribution in [0.1, 0.15) is 36.8 Å². The summed E-state index contributed by atoms with van der Waals surface area (Å²) in [5.41, 5.74) is 4.46. The number of carbonyl (C=O) groups is 3. The van der Waals surface area contributed by atoms with E-state index in [4.69, 9.17) is 9.47 Å². The number of carboxylic acids is 1. The average molecular weight is 453 g/mol. The zero-order chi connectivity index (χ0) is 23.5. The van der Waals surface area contributed by atoms with E-state index in [0.717, 1.165) is 22.3 Å². The molecular weight excluding hydrogens is 424 g/mol. The molecule has 8 heteroatoms. The predicted octanol–water partition coefficient (Wildman–Crippen LogP) is 3.00. The maximum atomic E-state index is 13.0. The van der Waals surface area contributed by atoms with Gasteiger partial charge in [0.05, 0.1) is 6.10 Å². The lowest BCUT2D eigenvalue weighted by molar-refractivity contribution is -0.149. The predicted molar refractivity (Wildman–Crippen MR) is 121 cm³/mol. The SMILES string of the molecule is CCC(NC(=O)OCC1c2ccccc2-c2ccccc21)C(=O)N1CC(OC)CC1C(=O)O. The van der Waals surface area contributed by atoms with Crippen molar-refractivity contribution in [3.63, 3.8) is 0 Å². The molecule has 1 heterocycles. The summed E-state index contributed by atoms with van der Waals surface area (Å²) in [5.74, 6) is -1.62. The van der Waals surface area contributed by atoms with Gasteiger partial charge >= 0.3 is 12.1 Å². The second kappa shape index (κ2) is 9.62. The van der Waals surface area contributed by atoms with Crippen LogP contribution in [-0.2, 0) is 19.1 Å². The van der Waals surface area contributed by atoms with Crippen molar-refractivity contribution in [3.05, 3.63) is 59.7 Å². The molecule has 1 aliphatic heterocycles. The lowest BCUT2D eigenvalue weighted by atomic mass is 9.98. The lowest BCUT2D eigenvalue weighted by Gasteiger charge is -2.26. The molecule has 0 radical (unpaired) electrons. The van der Waals surface area contributed by atoms with Gasteiger partial charge in [-0.1, -0.05) is 55.5 Å². The molecule has 4 rings (SSSR count). The Morgan fingerprint density at radius 3 is 2.24 bits per heavy atom. The summed E-state index contributed by atoms with van der Waals surface area (Å²) in [7, 11) is 1.49. The molecule has 174 valence electrons. The van der Waals surface area contributed by atoms with Crippen LogP contribution in [-0.4, -0.2) is 66.4 Å². The largest absolute Gasteiger partial charge is 0.480 e. The Morgan fingerprint density at radius 1 is 1.09 bits per heavy atom. The molecule has 0 bridgehead atoms. The summed E-state index contributed by atoms with van der Waals surface area (Å²) in [5, 5.41) is 12.1. The Bertz CT molecular complexity index is 1010. The number of benzene rings is 2. The Balaban J connectivity index is 1.41. The van der Waals surface area contributed by atoms with Gasteiger partial charge in [-0.15, -0.1) is 0 Å². The second-order valence-corrected chi connectivity index (χ2v) is 8.37. The number of hydrogen-bond donors (Lipinski definition) is 2. The molecule has 2 N–H and O–H groups in total. The number of nitrogens with zero attached hydrogens (tertiary/aromatic N) is 1. The normalized spacial score (nSPS) is 20.1. The van der Waals surface area contributed by atoms with Gasteiger partial charge in [0.25, 0.3) is 0 Å². The fraction of sp³-hybridized carbons (Fsp3) is 0.400. The van der Waals surface area contributed by atoms with E-state index in [0.29, 0.717) is 6.42 Å². The number of hydrogen-bond acceptors (Lipinski definition) is 5. The van der Waals surface area contributed by atoms with Crippen molar-refractivity contribution in [1.82, 2.24) is 10.2 Å². The number of aliphatic carboxylic acids is 1. The molecule has 2 aromatic rings. The first kappa shape index (κ1) is 22.8. The third kappa shape index (κ3) is 4.43. The third-order valence-corrected chi connectivity index (χ3v) is 6.51. The van der Waals surface area contributed by atoms with E-state index < -0.39 is 30.1 Å². The van der Waals surface area contributed by atoms with E-state index in [-0.39, 0.29) is 31.6 Å².